The van der Waals surface area contributed by atoms with Crippen molar-refractivity contribution >= 4 is 46.8 Å². The van der Waals surface area contributed by atoms with Gasteiger partial charge in [-0.15, -0.1) is 0 Å². The lowest BCUT2D eigenvalue weighted by Gasteiger charge is -2.10. The van der Waals surface area contributed by atoms with Crippen LogP contribution in [0, 0.1) is 6.92 Å². The van der Waals surface area contributed by atoms with E-state index in [-0.39, 0.29) is 11.0 Å². The van der Waals surface area contributed by atoms with Crippen LogP contribution in [0.3, 0.4) is 0 Å². The van der Waals surface area contributed by atoms with Gasteiger partial charge in [0, 0.05) is 22.9 Å². The van der Waals surface area contributed by atoms with E-state index >= 15 is 0 Å². The normalized spacial score (nSPS) is 10.4. The first kappa shape index (κ1) is 26.9. The minimum absolute atomic E-state index is 0.0858. The zero-order valence-corrected chi connectivity index (χ0v) is 21.3. The van der Waals surface area contributed by atoms with Crippen LogP contribution < -0.4 is 31.0 Å². The predicted molar refractivity (Wildman–Crippen MR) is 145 cm³/mol. The van der Waals surface area contributed by atoms with Gasteiger partial charge in [0.05, 0.1) is 14.2 Å². The number of hydrogen-bond donors (Lipinski definition) is 4. The molecule has 0 aliphatic carbocycles. The number of benzene rings is 3. The highest BCUT2D eigenvalue weighted by Gasteiger charge is 2.10. The van der Waals surface area contributed by atoms with Gasteiger partial charge in [-0.25, -0.2) is 0 Å². The number of hydrogen-bond acceptors (Lipinski definition) is 6. The third-order valence-corrected chi connectivity index (χ3v) is 5.25. The van der Waals surface area contributed by atoms with Crippen molar-refractivity contribution < 1.29 is 23.9 Å². The number of thiocarbonyl (C=S) groups is 1. The van der Waals surface area contributed by atoms with E-state index < -0.39 is 11.8 Å². The van der Waals surface area contributed by atoms with E-state index in [0.717, 1.165) is 11.1 Å². The number of carbonyl (C=O) groups excluding carboxylic acids is 3. The van der Waals surface area contributed by atoms with E-state index in [4.69, 9.17) is 21.7 Å². The fourth-order valence-electron chi connectivity index (χ4n) is 3.19. The Hall–Kier alpha value is -4.70. The van der Waals surface area contributed by atoms with E-state index in [1.807, 2.05) is 19.1 Å². The van der Waals surface area contributed by atoms with Crippen molar-refractivity contribution in [2.24, 2.45) is 0 Å². The Balaban J connectivity index is 1.47. The van der Waals surface area contributed by atoms with Gasteiger partial charge in [0.25, 0.3) is 11.8 Å². The van der Waals surface area contributed by atoms with Crippen molar-refractivity contribution in [2.45, 2.75) is 6.92 Å². The van der Waals surface area contributed by atoms with E-state index in [1.165, 1.54) is 20.3 Å². The number of nitrogens with one attached hydrogen (secondary N) is 4. The topological polar surface area (TPSA) is 118 Å². The van der Waals surface area contributed by atoms with E-state index in [1.54, 1.807) is 60.7 Å². The van der Waals surface area contributed by atoms with Gasteiger partial charge in [-0.3, -0.25) is 30.6 Å². The minimum atomic E-state index is -0.491. The van der Waals surface area contributed by atoms with Crippen LogP contribution in [0.25, 0.3) is 6.08 Å². The number of ether oxygens (including phenoxy) is 2. The second-order valence-electron chi connectivity index (χ2n) is 7.75. The highest BCUT2D eigenvalue weighted by atomic mass is 32.1. The Morgan fingerprint density at radius 2 is 1.54 bits per heavy atom. The van der Waals surface area contributed by atoms with Crippen LogP contribution in [0.15, 0.2) is 72.8 Å². The zero-order valence-electron chi connectivity index (χ0n) is 20.5. The molecule has 0 saturated carbocycles. The van der Waals surface area contributed by atoms with Crippen molar-refractivity contribution in [2.75, 3.05) is 19.5 Å². The summed E-state index contributed by atoms with van der Waals surface area (Å²) in [4.78, 5) is 36.9. The molecule has 4 N–H and O–H groups in total. The largest absolute Gasteiger partial charge is 0.493 e. The Morgan fingerprint density at radius 3 is 2.22 bits per heavy atom. The second kappa shape index (κ2) is 12.8. The molecule has 0 radical (unpaired) electrons. The average molecular weight is 519 g/mol. The molecule has 0 heterocycles. The maximum Gasteiger partial charge on any atom is 0.269 e. The fourth-order valence-corrected chi connectivity index (χ4v) is 3.35. The van der Waals surface area contributed by atoms with Crippen LogP contribution >= 0.6 is 12.2 Å². The number of carbonyl (C=O) groups is 3. The molecule has 3 aromatic carbocycles. The van der Waals surface area contributed by atoms with Gasteiger partial charge in [-0.2, -0.15) is 0 Å². The molecule has 3 rings (SSSR count). The van der Waals surface area contributed by atoms with Crippen molar-refractivity contribution in [3.8, 4) is 11.5 Å². The molecular formula is C27H26N4O5S. The number of methoxy groups -OCH3 is 2. The van der Waals surface area contributed by atoms with Crippen LogP contribution in [-0.2, 0) is 4.79 Å². The number of rotatable bonds is 7. The number of amides is 3. The van der Waals surface area contributed by atoms with Gasteiger partial charge in [0.2, 0.25) is 5.91 Å². The Kier molecular flexibility index (Phi) is 9.34. The molecule has 9 nitrogen and oxygen atoms in total. The van der Waals surface area contributed by atoms with E-state index in [2.05, 4.69) is 21.5 Å². The summed E-state index contributed by atoms with van der Waals surface area (Å²) >= 11 is 5.05. The molecule has 10 heteroatoms. The standard InChI is InChI=1S/C27H26N4O5S/c1-17-5-4-6-20(15-17)25(33)28-21-11-9-19(10-12-21)26(34)30-31-27(37)29-24(32)14-8-18-7-13-22(35-2)23(16-18)36-3/h4-16H,1-3H3,(H,28,33)(H,30,34)(H2,29,31,32,37). The summed E-state index contributed by atoms with van der Waals surface area (Å²) in [6.45, 7) is 1.91. The SMILES string of the molecule is COc1ccc(C=CC(=O)NC(=S)NNC(=O)c2ccc(NC(=O)c3cccc(C)c3)cc2)cc1OC. The minimum Gasteiger partial charge on any atom is -0.493 e. The molecular weight excluding hydrogens is 492 g/mol. The van der Waals surface area contributed by atoms with Crippen molar-refractivity contribution in [1.29, 1.82) is 0 Å². The molecule has 190 valence electrons. The molecule has 3 amide bonds. The third kappa shape index (κ3) is 7.91. The summed E-state index contributed by atoms with van der Waals surface area (Å²) in [6.07, 6.45) is 2.87. The molecule has 0 bridgehead atoms. The smallest absolute Gasteiger partial charge is 0.269 e. The number of anilines is 1. The summed E-state index contributed by atoms with van der Waals surface area (Å²) in [6, 6.07) is 18.8. The summed E-state index contributed by atoms with van der Waals surface area (Å²) in [5.41, 5.74) is 8.00. The van der Waals surface area contributed by atoms with E-state index in [9.17, 15) is 14.4 Å². The molecule has 3 aromatic rings. The summed E-state index contributed by atoms with van der Waals surface area (Å²) in [7, 11) is 3.06. The van der Waals surface area contributed by atoms with E-state index in [0.29, 0.717) is 28.3 Å². The lowest BCUT2D eigenvalue weighted by molar-refractivity contribution is -0.115. The first-order valence-corrected chi connectivity index (χ1v) is 11.5. The van der Waals surface area contributed by atoms with Crippen LogP contribution in [0.2, 0.25) is 0 Å². The highest BCUT2D eigenvalue weighted by molar-refractivity contribution is 7.80. The molecule has 0 aliphatic rings. The van der Waals surface area contributed by atoms with Crippen LogP contribution in [0.1, 0.15) is 31.8 Å². The summed E-state index contributed by atoms with van der Waals surface area (Å²) in [5, 5.41) is 5.13. The van der Waals surface area contributed by atoms with Crippen LogP contribution in [0.4, 0.5) is 5.69 Å². The summed E-state index contributed by atoms with van der Waals surface area (Å²) < 4.78 is 10.4. The van der Waals surface area contributed by atoms with Gasteiger partial charge >= 0.3 is 0 Å². The average Bonchev–Trinajstić information content (AvgIpc) is 2.90. The van der Waals surface area contributed by atoms with Gasteiger partial charge in [0.15, 0.2) is 16.6 Å². The van der Waals surface area contributed by atoms with Crippen LogP contribution in [0.5, 0.6) is 11.5 Å². The zero-order chi connectivity index (χ0) is 26.8. The van der Waals surface area contributed by atoms with Crippen molar-refractivity contribution in [3.05, 3.63) is 95.1 Å². The highest BCUT2D eigenvalue weighted by Crippen LogP contribution is 2.27. The monoisotopic (exact) mass is 518 g/mol. The number of hydrazine groups is 1. The molecule has 0 unspecified atom stereocenters. The lowest BCUT2D eigenvalue weighted by atomic mass is 10.1. The van der Waals surface area contributed by atoms with Gasteiger partial charge in [-0.05, 0) is 79.3 Å². The first-order chi connectivity index (χ1) is 17.8. The molecule has 0 atom stereocenters. The molecule has 0 saturated heterocycles. The Labute approximate surface area is 219 Å². The van der Waals surface area contributed by atoms with Gasteiger partial charge in [-0.1, -0.05) is 23.8 Å². The lowest BCUT2D eigenvalue weighted by Crippen LogP contribution is -2.48. The maximum absolute atomic E-state index is 12.4. The predicted octanol–water partition coefficient (Wildman–Crippen LogP) is 3.61. The third-order valence-electron chi connectivity index (χ3n) is 5.05. The molecule has 0 fully saturated rings. The number of aryl methyl sites for hydroxylation is 1. The van der Waals surface area contributed by atoms with Gasteiger partial charge < -0.3 is 14.8 Å². The summed E-state index contributed by atoms with van der Waals surface area (Å²) in [5.74, 6) is -0.105. The second-order valence-corrected chi connectivity index (χ2v) is 8.15. The first-order valence-electron chi connectivity index (χ1n) is 11.1. The molecule has 0 aliphatic heterocycles. The Morgan fingerprint density at radius 1 is 0.811 bits per heavy atom. The van der Waals surface area contributed by atoms with Crippen LogP contribution in [-0.4, -0.2) is 37.1 Å². The molecule has 37 heavy (non-hydrogen) atoms. The fraction of sp³-hybridized carbons (Fsp3) is 0.111. The quantitative estimate of drug-likeness (QED) is 0.214. The van der Waals surface area contributed by atoms with Gasteiger partial charge in [0.1, 0.15) is 0 Å². The Bertz CT molecular complexity index is 1340. The van der Waals surface area contributed by atoms with Crippen molar-refractivity contribution in [3.63, 3.8) is 0 Å². The molecule has 0 aromatic heterocycles. The van der Waals surface area contributed by atoms with Crippen molar-refractivity contribution in [1.82, 2.24) is 16.2 Å². The molecule has 0 spiro atoms. The maximum atomic E-state index is 12.4.